The smallest absolute Gasteiger partial charge is 0.263 e. The third kappa shape index (κ3) is 3.79. The van der Waals surface area contributed by atoms with Crippen LogP contribution in [0.25, 0.3) is 10.2 Å². The SMILES string of the molecule is CN(C)C(=O)CSc1nc2sc3c(c2c(=O)n1C[C@H]1CCCO1)CCCC3. The lowest BCUT2D eigenvalue weighted by atomic mass is 9.97. The Morgan fingerprint density at radius 2 is 2.15 bits per heavy atom. The van der Waals surface area contributed by atoms with Crippen molar-refractivity contribution >= 4 is 39.2 Å². The molecule has 8 heteroatoms. The van der Waals surface area contributed by atoms with Gasteiger partial charge < -0.3 is 9.64 Å². The normalized spacial score (nSPS) is 19.4. The summed E-state index contributed by atoms with van der Waals surface area (Å²) in [4.78, 5) is 34.0. The maximum atomic E-state index is 13.4. The molecule has 3 heterocycles. The summed E-state index contributed by atoms with van der Waals surface area (Å²) in [5.74, 6) is 0.296. The van der Waals surface area contributed by atoms with Crippen LogP contribution in [0.15, 0.2) is 9.95 Å². The number of amides is 1. The number of thioether (sulfide) groups is 1. The van der Waals surface area contributed by atoms with Crippen LogP contribution in [-0.2, 0) is 28.9 Å². The topological polar surface area (TPSA) is 64.4 Å². The Bertz CT molecular complexity index is 913. The van der Waals surface area contributed by atoms with E-state index in [2.05, 4.69) is 0 Å². The van der Waals surface area contributed by atoms with E-state index in [1.807, 2.05) is 0 Å². The molecule has 2 aliphatic rings. The second-order valence-electron chi connectivity index (χ2n) is 7.41. The zero-order chi connectivity index (χ0) is 19.0. The Balaban J connectivity index is 1.76. The van der Waals surface area contributed by atoms with E-state index >= 15 is 0 Å². The maximum Gasteiger partial charge on any atom is 0.263 e. The fourth-order valence-electron chi connectivity index (χ4n) is 3.74. The molecule has 1 aliphatic carbocycles. The quantitative estimate of drug-likeness (QED) is 0.563. The fourth-order valence-corrected chi connectivity index (χ4v) is 6.03. The first-order valence-electron chi connectivity index (χ1n) is 9.54. The molecule has 1 aliphatic heterocycles. The standard InChI is InChI=1S/C19H25N3O3S2/c1-21(2)15(23)11-26-19-20-17-16(13-7-3-4-8-14(13)27-17)18(24)22(19)10-12-6-5-9-25-12/h12H,3-11H2,1-2H3/t12-/m1/s1. The molecular weight excluding hydrogens is 382 g/mol. The molecule has 1 amide bonds. The van der Waals surface area contributed by atoms with Crippen LogP contribution < -0.4 is 5.56 Å². The molecule has 0 N–H and O–H groups in total. The van der Waals surface area contributed by atoms with Crippen LogP contribution in [0.3, 0.4) is 0 Å². The molecule has 1 saturated heterocycles. The van der Waals surface area contributed by atoms with E-state index in [0.29, 0.717) is 11.7 Å². The van der Waals surface area contributed by atoms with Crippen molar-refractivity contribution in [2.24, 2.45) is 0 Å². The average molecular weight is 408 g/mol. The molecule has 146 valence electrons. The number of aromatic nitrogens is 2. The van der Waals surface area contributed by atoms with Crippen LogP contribution in [0.2, 0.25) is 0 Å². The molecule has 0 unspecified atom stereocenters. The third-order valence-corrected chi connectivity index (χ3v) is 7.42. The lowest BCUT2D eigenvalue weighted by Gasteiger charge is -2.17. The lowest BCUT2D eigenvalue weighted by Crippen LogP contribution is -2.30. The predicted molar refractivity (Wildman–Crippen MR) is 109 cm³/mol. The lowest BCUT2D eigenvalue weighted by molar-refractivity contribution is -0.125. The molecular formula is C19H25N3O3S2. The van der Waals surface area contributed by atoms with Crippen molar-refractivity contribution in [3.63, 3.8) is 0 Å². The highest BCUT2D eigenvalue weighted by Crippen LogP contribution is 2.35. The molecule has 0 radical (unpaired) electrons. The summed E-state index contributed by atoms with van der Waals surface area (Å²) < 4.78 is 7.53. The predicted octanol–water partition coefficient (Wildman–Crippen LogP) is 2.70. The molecule has 0 saturated carbocycles. The van der Waals surface area contributed by atoms with Gasteiger partial charge >= 0.3 is 0 Å². The van der Waals surface area contributed by atoms with E-state index in [-0.39, 0.29) is 23.3 Å². The highest BCUT2D eigenvalue weighted by Gasteiger charge is 2.25. The maximum absolute atomic E-state index is 13.4. The van der Waals surface area contributed by atoms with E-state index in [1.165, 1.54) is 28.6 Å². The van der Waals surface area contributed by atoms with Crippen molar-refractivity contribution < 1.29 is 9.53 Å². The number of rotatable bonds is 5. The molecule has 27 heavy (non-hydrogen) atoms. The zero-order valence-corrected chi connectivity index (χ0v) is 17.5. The fraction of sp³-hybridized carbons (Fsp3) is 0.632. The number of thiophene rings is 1. The van der Waals surface area contributed by atoms with Crippen molar-refractivity contribution in [2.75, 3.05) is 26.5 Å². The van der Waals surface area contributed by atoms with Gasteiger partial charge in [-0.3, -0.25) is 14.2 Å². The van der Waals surface area contributed by atoms with E-state index in [1.54, 1.807) is 34.9 Å². The van der Waals surface area contributed by atoms with Crippen molar-refractivity contribution in [2.45, 2.75) is 56.3 Å². The van der Waals surface area contributed by atoms with Gasteiger partial charge in [0.25, 0.3) is 5.56 Å². The van der Waals surface area contributed by atoms with Gasteiger partial charge in [-0.05, 0) is 44.1 Å². The molecule has 4 rings (SSSR count). The van der Waals surface area contributed by atoms with Gasteiger partial charge in [0.15, 0.2) is 5.16 Å². The van der Waals surface area contributed by atoms with Gasteiger partial charge in [-0.1, -0.05) is 11.8 Å². The molecule has 6 nitrogen and oxygen atoms in total. The van der Waals surface area contributed by atoms with Gasteiger partial charge in [0, 0.05) is 25.6 Å². The van der Waals surface area contributed by atoms with E-state index in [4.69, 9.17) is 9.72 Å². The zero-order valence-electron chi connectivity index (χ0n) is 15.8. The first kappa shape index (κ1) is 19.0. The van der Waals surface area contributed by atoms with E-state index < -0.39 is 0 Å². The van der Waals surface area contributed by atoms with Crippen molar-refractivity contribution in [1.29, 1.82) is 0 Å². The largest absolute Gasteiger partial charge is 0.376 e. The van der Waals surface area contributed by atoms with Crippen LogP contribution in [0.1, 0.15) is 36.1 Å². The van der Waals surface area contributed by atoms with Crippen LogP contribution in [0.4, 0.5) is 0 Å². The van der Waals surface area contributed by atoms with Gasteiger partial charge in [0.1, 0.15) is 4.83 Å². The van der Waals surface area contributed by atoms with Gasteiger partial charge in [-0.15, -0.1) is 11.3 Å². The summed E-state index contributed by atoms with van der Waals surface area (Å²) in [5, 5.41) is 1.44. The summed E-state index contributed by atoms with van der Waals surface area (Å²) in [5.41, 5.74) is 1.25. The molecule has 2 aromatic rings. The summed E-state index contributed by atoms with van der Waals surface area (Å²) in [7, 11) is 3.48. The summed E-state index contributed by atoms with van der Waals surface area (Å²) in [6, 6.07) is 0. The number of hydrogen-bond donors (Lipinski definition) is 0. The number of nitrogens with zero attached hydrogens (tertiary/aromatic N) is 3. The minimum absolute atomic E-state index is 0.0171. The number of aryl methyl sites for hydroxylation is 2. The van der Waals surface area contributed by atoms with E-state index in [0.717, 1.165) is 48.9 Å². The number of hydrogen-bond acceptors (Lipinski definition) is 6. The van der Waals surface area contributed by atoms with Crippen LogP contribution in [0, 0.1) is 0 Å². The first-order valence-corrected chi connectivity index (χ1v) is 11.3. The Labute approximate surface area is 166 Å². The Hall–Kier alpha value is -1.38. The molecule has 1 atom stereocenters. The molecule has 0 bridgehead atoms. The Morgan fingerprint density at radius 3 is 2.89 bits per heavy atom. The molecule has 0 aromatic carbocycles. The van der Waals surface area contributed by atoms with Gasteiger partial charge in [-0.2, -0.15) is 0 Å². The molecule has 1 fully saturated rings. The first-order chi connectivity index (χ1) is 13.0. The van der Waals surface area contributed by atoms with Gasteiger partial charge in [0.2, 0.25) is 5.91 Å². The highest BCUT2D eigenvalue weighted by atomic mass is 32.2. The number of ether oxygens (including phenoxy) is 1. The molecule has 0 spiro atoms. The Morgan fingerprint density at radius 1 is 1.33 bits per heavy atom. The number of carbonyl (C=O) groups excluding carboxylic acids is 1. The number of carbonyl (C=O) groups is 1. The van der Waals surface area contributed by atoms with Crippen LogP contribution >= 0.6 is 23.1 Å². The van der Waals surface area contributed by atoms with Gasteiger partial charge in [-0.25, -0.2) is 4.98 Å². The summed E-state index contributed by atoms with van der Waals surface area (Å²) in [6.07, 6.45) is 6.39. The second kappa shape index (κ2) is 7.93. The highest BCUT2D eigenvalue weighted by molar-refractivity contribution is 7.99. The monoisotopic (exact) mass is 407 g/mol. The number of fused-ring (bicyclic) bond motifs is 3. The van der Waals surface area contributed by atoms with Crippen molar-refractivity contribution in [3.05, 3.63) is 20.8 Å². The molecule has 2 aromatic heterocycles. The summed E-state index contributed by atoms with van der Waals surface area (Å²) >= 11 is 3.01. The minimum Gasteiger partial charge on any atom is -0.376 e. The average Bonchev–Trinajstić information content (AvgIpc) is 3.29. The van der Waals surface area contributed by atoms with E-state index in [9.17, 15) is 9.59 Å². The second-order valence-corrected chi connectivity index (χ2v) is 9.44. The Kier molecular flexibility index (Phi) is 5.57. The minimum atomic E-state index is 0.0171. The summed E-state index contributed by atoms with van der Waals surface area (Å²) in [6.45, 7) is 1.27. The third-order valence-electron chi connectivity index (χ3n) is 5.27. The van der Waals surface area contributed by atoms with Crippen molar-refractivity contribution in [1.82, 2.24) is 14.5 Å². The van der Waals surface area contributed by atoms with Crippen molar-refractivity contribution in [3.8, 4) is 0 Å². The van der Waals surface area contributed by atoms with Crippen LogP contribution in [-0.4, -0.2) is 52.9 Å². The van der Waals surface area contributed by atoms with Gasteiger partial charge in [0.05, 0.1) is 23.8 Å². The van der Waals surface area contributed by atoms with Crippen LogP contribution in [0.5, 0.6) is 0 Å².